The van der Waals surface area contributed by atoms with Crippen molar-refractivity contribution in [2.75, 3.05) is 23.3 Å². The van der Waals surface area contributed by atoms with Gasteiger partial charge in [-0.05, 0) is 49.7 Å². The van der Waals surface area contributed by atoms with Crippen molar-refractivity contribution in [2.24, 2.45) is 7.05 Å². The molecule has 1 aliphatic heterocycles. The normalized spacial score (nSPS) is 13.9. The predicted molar refractivity (Wildman–Crippen MR) is 128 cm³/mol. The second-order valence-corrected chi connectivity index (χ2v) is 9.72. The average molecular weight is 484 g/mol. The van der Waals surface area contributed by atoms with Gasteiger partial charge in [0.2, 0.25) is 21.8 Å². The van der Waals surface area contributed by atoms with Gasteiger partial charge in [-0.3, -0.25) is 19.1 Å². The topological polar surface area (TPSA) is 123 Å². The summed E-state index contributed by atoms with van der Waals surface area (Å²) >= 11 is 0. The molecule has 178 valence electrons. The number of anilines is 2. The van der Waals surface area contributed by atoms with Crippen LogP contribution < -0.4 is 20.5 Å². The molecule has 1 fully saturated rings. The molecular formula is C23H25N5O5S. The molecule has 34 heavy (non-hydrogen) atoms. The quantitative estimate of drug-likeness (QED) is 0.528. The molecule has 0 saturated carbocycles. The fourth-order valence-corrected chi connectivity index (χ4v) is 4.85. The Labute approximate surface area is 196 Å². The molecule has 10 nitrogen and oxygen atoms in total. The highest BCUT2D eigenvalue weighted by molar-refractivity contribution is 7.89. The van der Waals surface area contributed by atoms with Crippen LogP contribution in [0, 0.1) is 6.92 Å². The summed E-state index contributed by atoms with van der Waals surface area (Å²) in [5.41, 5.74) is 1.45. The van der Waals surface area contributed by atoms with Crippen LogP contribution in [-0.4, -0.2) is 42.7 Å². The third-order valence-electron chi connectivity index (χ3n) is 5.77. The Bertz CT molecular complexity index is 1390. The Balaban J connectivity index is 1.44. The lowest BCUT2D eigenvalue weighted by molar-refractivity contribution is -0.117. The van der Waals surface area contributed by atoms with E-state index in [9.17, 15) is 22.8 Å². The summed E-state index contributed by atoms with van der Waals surface area (Å²) in [6.07, 6.45) is 1.25. The molecule has 1 saturated heterocycles. The first-order chi connectivity index (χ1) is 16.2. The molecule has 2 N–H and O–H groups in total. The molecule has 0 aliphatic carbocycles. The molecule has 2 amide bonds. The molecule has 11 heteroatoms. The van der Waals surface area contributed by atoms with Gasteiger partial charge in [-0.25, -0.2) is 17.8 Å². The summed E-state index contributed by atoms with van der Waals surface area (Å²) in [7, 11) is -2.27. The molecule has 2 heterocycles. The fourth-order valence-electron chi connectivity index (χ4n) is 3.87. The second-order valence-electron chi connectivity index (χ2n) is 7.95. The number of nitrogens with zero attached hydrogens (tertiary/aromatic N) is 3. The molecule has 4 rings (SSSR count). The highest BCUT2D eigenvalue weighted by atomic mass is 32.2. The Morgan fingerprint density at radius 1 is 1.00 bits per heavy atom. The molecule has 1 aliphatic rings. The third kappa shape index (κ3) is 4.52. The number of carbonyl (C=O) groups excluding carboxylic acids is 2. The molecular weight excluding hydrogens is 458 g/mol. The first-order valence-corrected chi connectivity index (χ1v) is 12.2. The van der Waals surface area contributed by atoms with Gasteiger partial charge in [-0.15, -0.1) is 0 Å². The molecule has 0 spiro atoms. The van der Waals surface area contributed by atoms with E-state index in [1.54, 1.807) is 60.0 Å². The molecule has 0 atom stereocenters. The summed E-state index contributed by atoms with van der Waals surface area (Å²) in [5, 5.41) is 2.52. The molecule has 2 aromatic carbocycles. The Morgan fingerprint density at radius 3 is 2.29 bits per heavy atom. The van der Waals surface area contributed by atoms with Crippen molar-refractivity contribution in [3.63, 3.8) is 0 Å². The van der Waals surface area contributed by atoms with E-state index in [1.165, 1.54) is 16.8 Å². The summed E-state index contributed by atoms with van der Waals surface area (Å²) in [4.78, 5) is 38.8. The summed E-state index contributed by atoms with van der Waals surface area (Å²) in [5.74, 6) is -0.665. The van der Waals surface area contributed by atoms with Crippen LogP contribution in [0.25, 0.3) is 5.69 Å². The van der Waals surface area contributed by atoms with Gasteiger partial charge in [0.15, 0.2) is 0 Å². The number of hydrogen-bond donors (Lipinski definition) is 2. The average Bonchev–Trinajstić information content (AvgIpc) is 3.35. The van der Waals surface area contributed by atoms with Crippen molar-refractivity contribution in [3.8, 4) is 5.69 Å². The third-order valence-corrected chi connectivity index (χ3v) is 7.19. The standard InChI is InChI=1S/C23H25N5O5S/c1-16-22(23(31)28(26(16)2)18-7-4-3-5-8-18)25-20(29)15-24-34(32,33)19-12-10-17(11-13-19)27-14-6-9-21(27)30/h3-5,7-8,10-13,24H,6,9,14-15H2,1-2H3,(H,25,29). The van der Waals surface area contributed by atoms with E-state index in [2.05, 4.69) is 10.0 Å². The fraction of sp³-hybridized carbons (Fsp3) is 0.261. The zero-order valence-corrected chi connectivity index (χ0v) is 19.6. The smallest absolute Gasteiger partial charge is 0.295 e. The van der Waals surface area contributed by atoms with Gasteiger partial charge in [-0.2, -0.15) is 0 Å². The minimum Gasteiger partial charge on any atom is -0.319 e. The number of carbonyl (C=O) groups is 2. The predicted octanol–water partition coefficient (Wildman–Crippen LogP) is 1.53. The van der Waals surface area contributed by atoms with Gasteiger partial charge in [-0.1, -0.05) is 18.2 Å². The number of sulfonamides is 1. The molecule has 0 radical (unpaired) electrons. The summed E-state index contributed by atoms with van der Waals surface area (Å²) in [6, 6.07) is 14.9. The van der Waals surface area contributed by atoms with Gasteiger partial charge in [0.05, 0.1) is 22.8 Å². The van der Waals surface area contributed by atoms with Gasteiger partial charge in [0, 0.05) is 25.7 Å². The largest absolute Gasteiger partial charge is 0.319 e. The van der Waals surface area contributed by atoms with Crippen LogP contribution in [0.15, 0.2) is 64.3 Å². The number of aromatic nitrogens is 2. The number of nitrogens with one attached hydrogen (secondary N) is 2. The Hall–Kier alpha value is -3.70. The zero-order chi connectivity index (χ0) is 24.5. The SMILES string of the molecule is Cc1c(NC(=O)CNS(=O)(=O)c2ccc(N3CCCC3=O)cc2)c(=O)n(-c2ccccc2)n1C. The van der Waals surface area contributed by atoms with Crippen LogP contribution >= 0.6 is 0 Å². The molecule has 0 unspecified atom stereocenters. The van der Waals surface area contributed by atoms with E-state index in [4.69, 9.17) is 0 Å². The van der Waals surface area contributed by atoms with Crippen molar-refractivity contribution in [2.45, 2.75) is 24.7 Å². The Morgan fingerprint density at radius 2 is 1.68 bits per heavy atom. The van der Waals surface area contributed by atoms with Gasteiger partial charge < -0.3 is 10.2 Å². The number of benzene rings is 2. The lowest BCUT2D eigenvalue weighted by Gasteiger charge is -2.16. The molecule has 3 aromatic rings. The highest BCUT2D eigenvalue weighted by Crippen LogP contribution is 2.23. The maximum absolute atomic E-state index is 12.9. The number of hydrogen-bond acceptors (Lipinski definition) is 5. The lowest BCUT2D eigenvalue weighted by atomic mass is 10.3. The number of rotatable bonds is 7. The summed E-state index contributed by atoms with van der Waals surface area (Å²) < 4.78 is 30.5. The first kappa shape index (κ1) is 23.5. The number of para-hydroxylation sites is 1. The van der Waals surface area contributed by atoms with Gasteiger partial charge in [0.25, 0.3) is 5.56 Å². The second kappa shape index (κ2) is 9.27. The maximum Gasteiger partial charge on any atom is 0.295 e. The van der Waals surface area contributed by atoms with Gasteiger partial charge in [0.1, 0.15) is 5.69 Å². The maximum atomic E-state index is 12.9. The van der Waals surface area contributed by atoms with Crippen molar-refractivity contribution in [1.29, 1.82) is 0 Å². The van der Waals surface area contributed by atoms with Crippen LogP contribution in [0.5, 0.6) is 0 Å². The van der Waals surface area contributed by atoms with E-state index in [-0.39, 0.29) is 16.5 Å². The van der Waals surface area contributed by atoms with Crippen LogP contribution in [0.3, 0.4) is 0 Å². The van der Waals surface area contributed by atoms with Crippen LogP contribution in [-0.2, 0) is 26.7 Å². The minimum absolute atomic E-state index is 0.00735. The van der Waals surface area contributed by atoms with Crippen LogP contribution in [0.1, 0.15) is 18.5 Å². The van der Waals surface area contributed by atoms with Crippen LogP contribution in [0.2, 0.25) is 0 Å². The van der Waals surface area contributed by atoms with Crippen LogP contribution in [0.4, 0.5) is 11.4 Å². The van der Waals surface area contributed by atoms with E-state index in [0.717, 1.165) is 6.42 Å². The van der Waals surface area contributed by atoms with Gasteiger partial charge >= 0.3 is 0 Å². The zero-order valence-electron chi connectivity index (χ0n) is 18.8. The monoisotopic (exact) mass is 483 g/mol. The van der Waals surface area contributed by atoms with Crippen molar-refractivity contribution >= 4 is 33.2 Å². The minimum atomic E-state index is -3.97. The van der Waals surface area contributed by atoms with E-state index < -0.39 is 28.0 Å². The van der Waals surface area contributed by atoms with E-state index in [0.29, 0.717) is 30.0 Å². The first-order valence-electron chi connectivity index (χ1n) is 10.7. The molecule has 1 aromatic heterocycles. The summed E-state index contributed by atoms with van der Waals surface area (Å²) in [6.45, 7) is 1.75. The lowest BCUT2D eigenvalue weighted by Crippen LogP contribution is -2.34. The van der Waals surface area contributed by atoms with E-state index in [1.807, 2.05) is 6.07 Å². The Kier molecular flexibility index (Phi) is 6.40. The van der Waals surface area contributed by atoms with Crippen molar-refractivity contribution in [3.05, 3.63) is 70.6 Å². The van der Waals surface area contributed by atoms with Crippen molar-refractivity contribution < 1.29 is 18.0 Å². The molecule has 0 bridgehead atoms. The highest BCUT2D eigenvalue weighted by Gasteiger charge is 2.23. The van der Waals surface area contributed by atoms with E-state index >= 15 is 0 Å². The number of amides is 2. The van der Waals surface area contributed by atoms with Crippen molar-refractivity contribution in [1.82, 2.24) is 14.1 Å².